The summed E-state index contributed by atoms with van der Waals surface area (Å²) in [4.78, 5) is 11.5. The van der Waals surface area contributed by atoms with E-state index in [9.17, 15) is 13.6 Å². The zero-order valence-electron chi connectivity index (χ0n) is 10.0. The summed E-state index contributed by atoms with van der Waals surface area (Å²) in [6.07, 6.45) is 0.263. The van der Waals surface area contributed by atoms with Crippen LogP contribution in [0.4, 0.5) is 8.78 Å². The zero-order chi connectivity index (χ0) is 13.5. The van der Waals surface area contributed by atoms with E-state index in [4.69, 9.17) is 5.73 Å². The third kappa shape index (κ3) is 3.96. The smallest absolute Gasteiger partial charge is 0.387 e. The Morgan fingerprint density at radius 3 is 2.67 bits per heavy atom. The van der Waals surface area contributed by atoms with Gasteiger partial charge in [-0.15, -0.1) is 0 Å². The fraction of sp³-hybridized carbons (Fsp3) is 0.417. The van der Waals surface area contributed by atoms with Crippen molar-refractivity contribution in [2.24, 2.45) is 11.7 Å². The molecule has 0 bridgehead atoms. The molecular formula is C12H16F2N2O2. The molecule has 6 heteroatoms. The number of ether oxygens (including phenoxy) is 1. The first kappa shape index (κ1) is 14.4. The van der Waals surface area contributed by atoms with E-state index in [1.54, 1.807) is 18.2 Å². The van der Waals surface area contributed by atoms with Crippen LogP contribution in [0, 0.1) is 5.92 Å². The zero-order valence-corrected chi connectivity index (χ0v) is 10.0. The molecule has 1 rings (SSSR count). The Bertz CT molecular complexity index is 399. The van der Waals surface area contributed by atoms with Crippen LogP contribution in [0.3, 0.4) is 0 Å². The molecule has 100 valence electrons. The molecule has 0 aliphatic carbocycles. The van der Waals surface area contributed by atoms with Crippen molar-refractivity contribution in [1.29, 1.82) is 0 Å². The second kappa shape index (κ2) is 6.90. The van der Waals surface area contributed by atoms with Gasteiger partial charge in [0.2, 0.25) is 5.91 Å². The number of para-hydroxylation sites is 1. The lowest BCUT2D eigenvalue weighted by atomic mass is 9.98. The van der Waals surface area contributed by atoms with Crippen molar-refractivity contribution in [2.75, 3.05) is 13.6 Å². The summed E-state index contributed by atoms with van der Waals surface area (Å²) in [5, 5.41) is 2.49. The van der Waals surface area contributed by atoms with Crippen molar-refractivity contribution in [3.05, 3.63) is 29.8 Å². The number of carbonyl (C=O) groups is 1. The Balaban J connectivity index is 2.85. The molecular weight excluding hydrogens is 242 g/mol. The van der Waals surface area contributed by atoms with Crippen molar-refractivity contribution in [2.45, 2.75) is 13.0 Å². The third-order valence-corrected chi connectivity index (χ3v) is 2.56. The van der Waals surface area contributed by atoms with Crippen molar-refractivity contribution in [3.63, 3.8) is 0 Å². The van der Waals surface area contributed by atoms with Gasteiger partial charge in [-0.2, -0.15) is 8.78 Å². The SMILES string of the molecule is CNC(=O)C(CN)Cc1ccccc1OC(F)F. The third-order valence-electron chi connectivity index (χ3n) is 2.56. The van der Waals surface area contributed by atoms with Crippen LogP contribution < -0.4 is 15.8 Å². The predicted octanol–water partition coefficient (Wildman–Crippen LogP) is 1.15. The van der Waals surface area contributed by atoms with Gasteiger partial charge in [0.25, 0.3) is 0 Å². The number of benzene rings is 1. The van der Waals surface area contributed by atoms with Crippen LogP contribution in [-0.2, 0) is 11.2 Å². The fourth-order valence-electron chi connectivity index (χ4n) is 1.64. The molecule has 0 aliphatic heterocycles. The van der Waals surface area contributed by atoms with E-state index in [-0.39, 0.29) is 24.6 Å². The van der Waals surface area contributed by atoms with Crippen LogP contribution in [0.1, 0.15) is 5.56 Å². The largest absolute Gasteiger partial charge is 0.435 e. The van der Waals surface area contributed by atoms with Crippen LogP contribution in [-0.4, -0.2) is 26.1 Å². The van der Waals surface area contributed by atoms with Crippen LogP contribution in [0.15, 0.2) is 24.3 Å². The molecule has 0 radical (unpaired) electrons. The van der Waals surface area contributed by atoms with Gasteiger partial charge < -0.3 is 15.8 Å². The lowest BCUT2D eigenvalue weighted by Crippen LogP contribution is -2.34. The van der Waals surface area contributed by atoms with Crippen LogP contribution >= 0.6 is 0 Å². The Hall–Kier alpha value is -1.69. The minimum Gasteiger partial charge on any atom is -0.435 e. The van der Waals surface area contributed by atoms with Gasteiger partial charge in [0, 0.05) is 13.6 Å². The monoisotopic (exact) mass is 258 g/mol. The van der Waals surface area contributed by atoms with Gasteiger partial charge in [0.05, 0.1) is 5.92 Å². The lowest BCUT2D eigenvalue weighted by Gasteiger charge is -2.15. The van der Waals surface area contributed by atoms with Gasteiger partial charge in [-0.3, -0.25) is 4.79 Å². The predicted molar refractivity (Wildman–Crippen MR) is 63.4 cm³/mol. The molecule has 1 amide bonds. The number of hydrogen-bond donors (Lipinski definition) is 2. The van der Waals surface area contributed by atoms with Gasteiger partial charge in [-0.05, 0) is 18.1 Å². The molecule has 1 unspecified atom stereocenters. The molecule has 18 heavy (non-hydrogen) atoms. The van der Waals surface area contributed by atoms with E-state index in [0.29, 0.717) is 5.56 Å². The van der Waals surface area contributed by atoms with E-state index in [1.807, 2.05) is 0 Å². The number of hydrogen-bond acceptors (Lipinski definition) is 3. The van der Waals surface area contributed by atoms with Crippen LogP contribution in [0.2, 0.25) is 0 Å². The normalized spacial score (nSPS) is 12.3. The quantitative estimate of drug-likeness (QED) is 0.804. The number of nitrogens with one attached hydrogen (secondary N) is 1. The van der Waals surface area contributed by atoms with E-state index in [1.165, 1.54) is 13.1 Å². The average molecular weight is 258 g/mol. The molecule has 4 nitrogen and oxygen atoms in total. The first-order valence-electron chi connectivity index (χ1n) is 5.52. The Kier molecular flexibility index (Phi) is 5.51. The maximum atomic E-state index is 12.2. The number of nitrogens with two attached hydrogens (primary N) is 1. The van der Waals surface area contributed by atoms with E-state index >= 15 is 0 Å². The minimum absolute atomic E-state index is 0.0786. The summed E-state index contributed by atoms with van der Waals surface area (Å²) in [7, 11) is 1.51. The number of amides is 1. The van der Waals surface area contributed by atoms with Gasteiger partial charge in [-0.1, -0.05) is 18.2 Å². The van der Waals surface area contributed by atoms with Gasteiger partial charge >= 0.3 is 6.61 Å². The molecule has 0 heterocycles. The van der Waals surface area contributed by atoms with Crippen molar-refractivity contribution >= 4 is 5.91 Å². The molecule has 3 N–H and O–H groups in total. The molecule has 0 fully saturated rings. The number of rotatable bonds is 6. The second-order valence-electron chi connectivity index (χ2n) is 3.74. The summed E-state index contributed by atoms with van der Waals surface area (Å²) in [6.45, 7) is -2.75. The Morgan fingerprint density at radius 2 is 2.11 bits per heavy atom. The second-order valence-corrected chi connectivity index (χ2v) is 3.74. The average Bonchev–Trinajstić information content (AvgIpc) is 2.36. The van der Waals surface area contributed by atoms with Crippen molar-refractivity contribution in [3.8, 4) is 5.75 Å². The maximum Gasteiger partial charge on any atom is 0.387 e. The summed E-state index contributed by atoms with van der Waals surface area (Å²) in [5.41, 5.74) is 6.04. The summed E-state index contributed by atoms with van der Waals surface area (Å²) in [6, 6.07) is 6.38. The Morgan fingerprint density at radius 1 is 1.44 bits per heavy atom. The van der Waals surface area contributed by atoms with Crippen molar-refractivity contribution < 1.29 is 18.3 Å². The fourth-order valence-corrected chi connectivity index (χ4v) is 1.64. The number of halogens is 2. The summed E-state index contributed by atoms with van der Waals surface area (Å²) < 4.78 is 28.8. The van der Waals surface area contributed by atoms with E-state index in [0.717, 1.165) is 0 Å². The molecule has 0 saturated heterocycles. The Labute approximate surface area is 104 Å². The topological polar surface area (TPSA) is 64.4 Å². The van der Waals surface area contributed by atoms with E-state index < -0.39 is 12.5 Å². The minimum atomic E-state index is -2.89. The highest BCUT2D eigenvalue weighted by atomic mass is 19.3. The molecule has 1 aromatic rings. The van der Waals surface area contributed by atoms with Gasteiger partial charge in [0.15, 0.2) is 0 Å². The lowest BCUT2D eigenvalue weighted by molar-refractivity contribution is -0.124. The number of alkyl halides is 2. The molecule has 0 aromatic heterocycles. The van der Waals surface area contributed by atoms with Gasteiger partial charge in [-0.25, -0.2) is 0 Å². The molecule has 0 spiro atoms. The molecule has 0 aliphatic rings. The van der Waals surface area contributed by atoms with E-state index in [2.05, 4.69) is 10.1 Å². The standard InChI is InChI=1S/C12H16F2N2O2/c1-16-11(17)9(7-15)6-8-4-2-3-5-10(8)18-12(13)14/h2-5,9,12H,6-7,15H2,1H3,(H,16,17). The van der Waals surface area contributed by atoms with Crippen LogP contribution in [0.25, 0.3) is 0 Å². The maximum absolute atomic E-state index is 12.2. The molecule has 0 saturated carbocycles. The highest BCUT2D eigenvalue weighted by molar-refractivity contribution is 5.79. The summed E-state index contributed by atoms with van der Waals surface area (Å²) in [5.74, 6) is -0.600. The first-order valence-corrected chi connectivity index (χ1v) is 5.52. The van der Waals surface area contributed by atoms with Crippen molar-refractivity contribution in [1.82, 2.24) is 5.32 Å². The molecule has 1 atom stereocenters. The highest BCUT2D eigenvalue weighted by Crippen LogP contribution is 2.23. The molecule has 1 aromatic carbocycles. The van der Waals surface area contributed by atoms with Gasteiger partial charge in [0.1, 0.15) is 5.75 Å². The first-order chi connectivity index (χ1) is 8.58. The summed E-state index contributed by atoms with van der Waals surface area (Å²) >= 11 is 0. The number of carbonyl (C=O) groups excluding carboxylic acids is 1. The van der Waals surface area contributed by atoms with Crippen LogP contribution in [0.5, 0.6) is 5.75 Å². The highest BCUT2D eigenvalue weighted by Gasteiger charge is 2.18.